The van der Waals surface area contributed by atoms with Crippen LogP contribution in [0.1, 0.15) is 84.6 Å². The van der Waals surface area contributed by atoms with Gasteiger partial charge in [0.1, 0.15) is 0 Å². The maximum absolute atomic E-state index is 13.6. The van der Waals surface area contributed by atoms with Crippen LogP contribution in [0.25, 0.3) is 11.1 Å². The predicted octanol–water partition coefficient (Wildman–Crippen LogP) is 7.79. The number of aliphatic hydroxyl groups is 1. The third-order valence-corrected chi connectivity index (χ3v) is 8.39. The van der Waals surface area contributed by atoms with Crippen molar-refractivity contribution in [1.82, 2.24) is 10.3 Å². The zero-order chi connectivity index (χ0) is 29.5. The molecule has 0 bridgehead atoms. The van der Waals surface area contributed by atoms with Crippen LogP contribution in [0, 0.1) is 13.8 Å². The van der Waals surface area contributed by atoms with E-state index in [-0.39, 0.29) is 18.4 Å². The Kier molecular flexibility index (Phi) is 9.70. The minimum Gasteiger partial charge on any atom is -0.394 e. The van der Waals surface area contributed by atoms with Crippen molar-refractivity contribution in [2.24, 2.45) is 0 Å². The maximum Gasteiger partial charge on any atom is 0.228 e. The molecule has 5 nitrogen and oxygen atoms in total. The van der Waals surface area contributed by atoms with Crippen molar-refractivity contribution in [1.29, 1.82) is 0 Å². The molecule has 1 amide bonds. The topological polar surface area (TPSA) is 65.5 Å². The molecule has 4 aromatic rings. The molecule has 1 aromatic heterocycles. The van der Waals surface area contributed by atoms with Crippen LogP contribution >= 0.6 is 0 Å². The van der Waals surface area contributed by atoms with Crippen LogP contribution in [0.15, 0.2) is 84.9 Å². The molecule has 3 aromatic carbocycles. The first-order valence-electron chi connectivity index (χ1n) is 15.3. The lowest BCUT2D eigenvalue weighted by molar-refractivity contribution is -0.123. The number of nitrogens with zero attached hydrogens (tertiary/aromatic N) is 2. The van der Waals surface area contributed by atoms with E-state index in [1.165, 1.54) is 34.4 Å². The number of carbonyl (C=O) groups is 1. The molecule has 5 heteroatoms. The third-order valence-electron chi connectivity index (χ3n) is 8.39. The summed E-state index contributed by atoms with van der Waals surface area (Å²) < 4.78 is 0. The van der Waals surface area contributed by atoms with E-state index in [4.69, 9.17) is 4.98 Å². The maximum atomic E-state index is 13.6. The van der Waals surface area contributed by atoms with Crippen molar-refractivity contribution in [2.75, 3.05) is 11.5 Å². The normalized spacial score (nSPS) is 13.7. The Morgan fingerprint density at radius 2 is 1.67 bits per heavy atom. The smallest absolute Gasteiger partial charge is 0.228 e. The van der Waals surface area contributed by atoms with Crippen molar-refractivity contribution in [3.05, 3.63) is 119 Å². The van der Waals surface area contributed by atoms with Crippen LogP contribution in [-0.4, -0.2) is 22.6 Å². The zero-order valence-electron chi connectivity index (χ0n) is 25.1. The van der Waals surface area contributed by atoms with Gasteiger partial charge in [-0.2, -0.15) is 0 Å². The number of pyridine rings is 1. The number of aromatic nitrogens is 1. The first kappa shape index (κ1) is 29.5. The van der Waals surface area contributed by atoms with Crippen LogP contribution in [0.5, 0.6) is 0 Å². The highest BCUT2D eigenvalue weighted by atomic mass is 16.3. The van der Waals surface area contributed by atoms with E-state index in [0.29, 0.717) is 0 Å². The predicted molar refractivity (Wildman–Crippen MR) is 171 cm³/mol. The van der Waals surface area contributed by atoms with Gasteiger partial charge in [0.05, 0.1) is 30.8 Å². The molecule has 0 aliphatic carbocycles. The van der Waals surface area contributed by atoms with E-state index in [1.807, 2.05) is 30.3 Å². The van der Waals surface area contributed by atoms with E-state index in [2.05, 4.69) is 85.6 Å². The number of hydrogen-bond donors (Lipinski definition) is 2. The Bertz CT molecular complexity index is 1480. The van der Waals surface area contributed by atoms with Crippen LogP contribution in [0.3, 0.4) is 0 Å². The summed E-state index contributed by atoms with van der Waals surface area (Å²) in [5.41, 5.74) is 10.3. The second kappa shape index (κ2) is 13.8. The molecule has 42 heavy (non-hydrogen) atoms. The van der Waals surface area contributed by atoms with E-state index < -0.39 is 6.04 Å². The van der Waals surface area contributed by atoms with Gasteiger partial charge in [0.2, 0.25) is 5.91 Å². The van der Waals surface area contributed by atoms with Crippen LogP contribution < -0.4 is 10.2 Å². The molecular weight excluding hydrogens is 518 g/mol. The fourth-order valence-corrected chi connectivity index (χ4v) is 6.26. The number of hydrogen-bond acceptors (Lipinski definition) is 4. The lowest BCUT2D eigenvalue weighted by Crippen LogP contribution is -2.34. The summed E-state index contributed by atoms with van der Waals surface area (Å²) >= 11 is 0. The number of rotatable bonds is 12. The zero-order valence-corrected chi connectivity index (χ0v) is 25.1. The van der Waals surface area contributed by atoms with Gasteiger partial charge in [0.25, 0.3) is 0 Å². The number of nitrogens with one attached hydrogen (secondary N) is 1. The molecule has 2 atom stereocenters. The van der Waals surface area contributed by atoms with Crippen molar-refractivity contribution < 1.29 is 9.90 Å². The van der Waals surface area contributed by atoms with Crippen molar-refractivity contribution >= 4 is 11.6 Å². The highest BCUT2D eigenvalue weighted by molar-refractivity contribution is 5.85. The molecule has 5 rings (SSSR count). The molecule has 0 radical (unpaired) electrons. The molecule has 0 saturated heterocycles. The van der Waals surface area contributed by atoms with Crippen LogP contribution in [0.4, 0.5) is 5.69 Å². The summed E-state index contributed by atoms with van der Waals surface area (Å²) in [5, 5.41) is 13.2. The van der Waals surface area contributed by atoms with Gasteiger partial charge in [-0.25, -0.2) is 0 Å². The average Bonchev–Trinajstić information content (AvgIpc) is 3.00. The Labute approximate surface area is 250 Å². The third kappa shape index (κ3) is 6.74. The van der Waals surface area contributed by atoms with Gasteiger partial charge in [0.15, 0.2) is 0 Å². The van der Waals surface area contributed by atoms with E-state index in [9.17, 15) is 9.90 Å². The number of fused-ring (bicyclic) bond motifs is 3. The van der Waals surface area contributed by atoms with Gasteiger partial charge in [-0.05, 0) is 54.7 Å². The molecular formula is C37H43N3O2. The number of aliphatic hydroxyl groups excluding tert-OH is 1. The molecule has 1 aliphatic rings. The molecule has 0 spiro atoms. The van der Waals surface area contributed by atoms with Crippen LogP contribution in [-0.2, 0) is 17.9 Å². The number of carbonyl (C=O) groups excluding carboxylic acids is 1. The fourth-order valence-electron chi connectivity index (χ4n) is 6.26. The summed E-state index contributed by atoms with van der Waals surface area (Å²) in [6.07, 6.45) is 5.23. The second-order valence-electron chi connectivity index (χ2n) is 11.6. The van der Waals surface area contributed by atoms with Gasteiger partial charge in [0, 0.05) is 29.1 Å². The number of unbranched alkanes of at least 4 members (excludes halogenated alkanes) is 3. The van der Waals surface area contributed by atoms with Gasteiger partial charge in [-0.3, -0.25) is 9.78 Å². The summed E-state index contributed by atoms with van der Waals surface area (Å²) in [6.45, 7) is 7.84. The largest absolute Gasteiger partial charge is 0.394 e. The highest BCUT2D eigenvalue weighted by Crippen LogP contribution is 2.41. The van der Waals surface area contributed by atoms with Crippen molar-refractivity contribution in [2.45, 2.75) is 77.9 Å². The molecule has 2 heterocycles. The molecule has 0 saturated carbocycles. The minimum atomic E-state index is -0.418. The number of anilines is 1. The quantitative estimate of drug-likeness (QED) is 0.173. The Balaban J connectivity index is 1.35. The molecule has 1 aliphatic heterocycles. The van der Waals surface area contributed by atoms with Crippen molar-refractivity contribution in [3.63, 3.8) is 0 Å². The van der Waals surface area contributed by atoms with Gasteiger partial charge < -0.3 is 15.3 Å². The summed E-state index contributed by atoms with van der Waals surface area (Å²) in [7, 11) is 0. The summed E-state index contributed by atoms with van der Waals surface area (Å²) in [5.74, 6) is -0.285. The number of para-hydroxylation sites is 1. The number of amides is 1. The number of aryl methyl sites for hydroxylation is 2. The first-order valence-corrected chi connectivity index (χ1v) is 15.3. The van der Waals surface area contributed by atoms with Gasteiger partial charge >= 0.3 is 0 Å². The van der Waals surface area contributed by atoms with Crippen LogP contribution in [0.2, 0.25) is 0 Å². The van der Waals surface area contributed by atoms with Gasteiger partial charge in [-0.1, -0.05) is 105 Å². The summed E-state index contributed by atoms with van der Waals surface area (Å²) in [6, 6.07) is 28.6. The Morgan fingerprint density at radius 3 is 2.40 bits per heavy atom. The lowest BCUT2D eigenvalue weighted by atomic mass is 9.90. The molecule has 1 unspecified atom stereocenters. The first-order chi connectivity index (χ1) is 20.5. The Morgan fingerprint density at radius 1 is 0.929 bits per heavy atom. The molecule has 0 fully saturated rings. The standard InChI is InChI=1S/C37H43N3O2/c1-4-5-6-10-15-31(37(42)39-34(25-41)30-13-8-7-9-14-30)29-20-18-28(19-21-29)23-40-24-33-36(26(2)22-27(3)38-33)32-16-11-12-17-35(32)40/h7-9,11-14,16-22,31,34,41H,4-6,10,15,23-25H2,1-3H3,(H,39,42)/t31?,34-/m0/s1. The second-order valence-corrected chi connectivity index (χ2v) is 11.6. The fraction of sp³-hybridized carbons (Fsp3) is 0.351. The minimum absolute atomic E-state index is 0.0273. The van der Waals surface area contributed by atoms with E-state index in [1.54, 1.807) is 0 Å². The van der Waals surface area contributed by atoms with Gasteiger partial charge in [-0.15, -0.1) is 0 Å². The molecule has 2 N–H and O–H groups in total. The number of benzene rings is 3. The monoisotopic (exact) mass is 561 g/mol. The SMILES string of the molecule is CCCCCCC(C(=O)N[C@@H](CO)c1ccccc1)c1ccc(CN2Cc3nc(C)cc(C)c3-c3ccccc32)cc1. The highest BCUT2D eigenvalue weighted by Gasteiger charge is 2.26. The average molecular weight is 562 g/mol. The van der Waals surface area contributed by atoms with Crippen molar-refractivity contribution in [3.8, 4) is 11.1 Å². The van der Waals surface area contributed by atoms with E-state index >= 15 is 0 Å². The Hall–Kier alpha value is -3.96. The lowest BCUT2D eigenvalue weighted by Gasteiger charge is -2.33. The van der Waals surface area contributed by atoms with E-state index in [0.717, 1.165) is 61.3 Å². The summed E-state index contributed by atoms with van der Waals surface area (Å²) in [4.78, 5) is 20.9. The molecule has 218 valence electrons.